The monoisotopic (exact) mass is 546 g/mol. The maximum atomic E-state index is 13.8. The van der Waals surface area contributed by atoms with Gasteiger partial charge in [-0.3, -0.25) is 0 Å². The highest BCUT2D eigenvalue weighted by Crippen LogP contribution is 2.28. The summed E-state index contributed by atoms with van der Waals surface area (Å²) in [5, 5.41) is 2.96. The van der Waals surface area contributed by atoms with Gasteiger partial charge in [-0.25, -0.2) is 22.2 Å². The highest BCUT2D eigenvalue weighted by Gasteiger charge is 2.30. The Morgan fingerprint density at radius 2 is 1.74 bits per heavy atom. The third kappa shape index (κ3) is 5.60. The molecule has 0 radical (unpaired) electrons. The number of ether oxygens (including phenoxy) is 1. The number of halogens is 2. The van der Waals surface area contributed by atoms with Gasteiger partial charge in [0.1, 0.15) is 10.7 Å². The second-order valence-electron chi connectivity index (χ2n) is 9.20. The van der Waals surface area contributed by atoms with Crippen LogP contribution in [0.2, 0.25) is 0 Å². The first-order valence-corrected chi connectivity index (χ1v) is 14.1. The van der Waals surface area contributed by atoms with Gasteiger partial charge in [-0.15, -0.1) is 0 Å². The van der Waals surface area contributed by atoms with Crippen LogP contribution in [0.25, 0.3) is 0 Å². The lowest BCUT2D eigenvalue weighted by molar-refractivity contribution is 0.122. The molecule has 5 rings (SSSR count). The number of anilines is 5. The topological polar surface area (TPSA) is 117 Å². The number of rotatable bonds is 6. The number of nitrogens with zero attached hydrogens (tertiary/aromatic N) is 7. The van der Waals surface area contributed by atoms with Gasteiger partial charge >= 0.3 is 0 Å². The number of hydrogen-bond acceptors (Lipinski definition) is 11. The van der Waals surface area contributed by atoms with Gasteiger partial charge in [-0.2, -0.15) is 15.0 Å². The highest BCUT2D eigenvalue weighted by molar-refractivity contribution is 7.90. The third-order valence-electron chi connectivity index (χ3n) is 6.42. The van der Waals surface area contributed by atoms with Crippen molar-refractivity contribution in [2.45, 2.75) is 17.9 Å². The fraction of sp³-hybridized carbons (Fsp3) is 0.417. The molecule has 2 fully saturated rings. The smallest absolute Gasteiger partial charge is 0.233 e. The van der Waals surface area contributed by atoms with Crippen LogP contribution >= 0.6 is 0 Å². The second-order valence-corrected chi connectivity index (χ2v) is 11.2. The Morgan fingerprint density at radius 3 is 2.45 bits per heavy atom. The number of benzene rings is 1. The molecule has 0 amide bonds. The van der Waals surface area contributed by atoms with E-state index in [-0.39, 0.29) is 16.9 Å². The number of piperazine rings is 1. The van der Waals surface area contributed by atoms with Gasteiger partial charge in [0.25, 0.3) is 0 Å². The Morgan fingerprint density at radius 1 is 0.974 bits per heavy atom. The summed E-state index contributed by atoms with van der Waals surface area (Å²) in [4.78, 5) is 24.3. The molecule has 2 aromatic heterocycles. The molecule has 2 aliphatic rings. The van der Waals surface area contributed by atoms with Crippen molar-refractivity contribution < 1.29 is 21.9 Å². The van der Waals surface area contributed by atoms with Crippen molar-refractivity contribution in [2.75, 3.05) is 72.2 Å². The van der Waals surface area contributed by atoms with Crippen LogP contribution in [0, 0.1) is 11.6 Å². The minimum absolute atomic E-state index is 0.103. The molecule has 2 aliphatic heterocycles. The van der Waals surface area contributed by atoms with Crippen LogP contribution in [-0.4, -0.2) is 86.6 Å². The maximum absolute atomic E-state index is 13.8. The van der Waals surface area contributed by atoms with Crippen molar-refractivity contribution in [1.82, 2.24) is 19.9 Å². The van der Waals surface area contributed by atoms with Crippen LogP contribution in [0.1, 0.15) is 6.92 Å². The van der Waals surface area contributed by atoms with Gasteiger partial charge in [-0.1, -0.05) is 0 Å². The summed E-state index contributed by atoms with van der Waals surface area (Å²) in [7, 11) is -3.45. The molecule has 2 saturated heterocycles. The van der Waals surface area contributed by atoms with E-state index in [0.29, 0.717) is 69.3 Å². The molecule has 14 heteroatoms. The number of aromatic nitrogens is 4. The first-order chi connectivity index (χ1) is 18.2. The molecule has 11 nitrogen and oxygen atoms in total. The lowest BCUT2D eigenvalue weighted by Crippen LogP contribution is -2.53. The summed E-state index contributed by atoms with van der Waals surface area (Å²) >= 11 is 0. The molecule has 1 atom stereocenters. The number of pyridine rings is 1. The Hall–Kier alpha value is -3.65. The van der Waals surface area contributed by atoms with E-state index < -0.39 is 21.5 Å². The van der Waals surface area contributed by atoms with Crippen LogP contribution in [0.4, 0.5) is 38.1 Å². The van der Waals surface area contributed by atoms with E-state index >= 15 is 0 Å². The number of sulfone groups is 1. The summed E-state index contributed by atoms with van der Waals surface area (Å²) in [6.45, 7) is 5.76. The Kier molecular flexibility index (Phi) is 7.25. The minimum Gasteiger partial charge on any atom is -0.378 e. The molecule has 4 heterocycles. The molecule has 1 aromatic carbocycles. The van der Waals surface area contributed by atoms with E-state index in [1.54, 1.807) is 18.3 Å². The Balaban J connectivity index is 1.43. The zero-order valence-electron chi connectivity index (χ0n) is 21.0. The van der Waals surface area contributed by atoms with Crippen molar-refractivity contribution in [3.63, 3.8) is 0 Å². The van der Waals surface area contributed by atoms with E-state index in [1.807, 2.05) is 21.6 Å². The lowest BCUT2D eigenvalue weighted by Gasteiger charge is -2.41. The molecule has 0 saturated carbocycles. The largest absolute Gasteiger partial charge is 0.378 e. The summed E-state index contributed by atoms with van der Waals surface area (Å²) in [6, 6.07) is 6.55. The predicted octanol–water partition coefficient (Wildman–Crippen LogP) is 2.24. The lowest BCUT2D eigenvalue weighted by atomic mass is 10.2. The van der Waals surface area contributed by atoms with Crippen molar-refractivity contribution >= 4 is 39.2 Å². The molecule has 3 aromatic rings. The minimum atomic E-state index is -3.45. The molecule has 1 N–H and O–H groups in total. The average molecular weight is 547 g/mol. The molecular weight excluding hydrogens is 518 g/mol. The van der Waals surface area contributed by atoms with Crippen LogP contribution < -0.4 is 20.0 Å². The summed E-state index contributed by atoms with van der Waals surface area (Å²) in [5.74, 6) is -0.441. The van der Waals surface area contributed by atoms with Crippen molar-refractivity contribution in [3.8, 4) is 0 Å². The third-order valence-corrected chi connectivity index (χ3v) is 7.53. The van der Waals surface area contributed by atoms with Gasteiger partial charge in [0, 0.05) is 63.0 Å². The van der Waals surface area contributed by atoms with E-state index in [1.165, 1.54) is 12.3 Å². The van der Waals surface area contributed by atoms with Crippen molar-refractivity contribution in [3.05, 3.63) is 48.2 Å². The zero-order chi connectivity index (χ0) is 26.9. The quantitative estimate of drug-likeness (QED) is 0.491. The number of hydrogen-bond donors (Lipinski definition) is 1. The molecule has 0 bridgehead atoms. The fourth-order valence-corrected chi connectivity index (χ4v) is 5.34. The Labute approximate surface area is 219 Å². The first kappa shape index (κ1) is 26.0. The van der Waals surface area contributed by atoms with E-state index in [0.717, 1.165) is 12.1 Å². The molecule has 0 unspecified atom stereocenters. The summed E-state index contributed by atoms with van der Waals surface area (Å²) < 4.78 is 57.3. The average Bonchev–Trinajstić information content (AvgIpc) is 2.90. The summed E-state index contributed by atoms with van der Waals surface area (Å²) in [5.41, 5.74) is 0.301. The van der Waals surface area contributed by atoms with Gasteiger partial charge < -0.3 is 24.8 Å². The standard InChI is InChI=1S/C24H28F2N8O3S/c1-16-15-33(21-20(38(2,35)36)4-3-7-27-21)8-9-34(16)24-30-22(28-17-5-6-18(25)19(26)14-17)29-23(31-24)32-10-12-37-13-11-32/h3-7,14,16H,8-13,15H2,1-2H3,(H,28,29,30,31)/t16-/m1/s1. The van der Waals surface area contributed by atoms with Gasteiger partial charge in [0.15, 0.2) is 21.5 Å². The van der Waals surface area contributed by atoms with Crippen LogP contribution in [0.3, 0.4) is 0 Å². The van der Waals surface area contributed by atoms with Crippen LogP contribution in [0.15, 0.2) is 41.4 Å². The van der Waals surface area contributed by atoms with E-state index in [2.05, 4.69) is 20.3 Å². The zero-order valence-corrected chi connectivity index (χ0v) is 21.8. The molecule has 0 aliphatic carbocycles. The molecule has 38 heavy (non-hydrogen) atoms. The number of nitrogens with one attached hydrogen (secondary N) is 1. The van der Waals surface area contributed by atoms with Gasteiger partial charge in [0.2, 0.25) is 17.8 Å². The molecule has 202 valence electrons. The second kappa shape index (κ2) is 10.6. The van der Waals surface area contributed by atoms with Gasteiger partial charge in [0.05, 0.1) is 13.2 Å². The van der Waals surface area contributed by atoms with E-state index in [4.69, 9.17) is 9.72 Å². The number of morpholine rings is 1. The SMILES string of the molecule is C[C@@H]1CN(c2ncccc2S(C)(=O)=O)CCN1c1nc(Nc2ccc(F)c(F)c2)nc(N2CCOCC2)n1. The van der Waals surface area contributed by atoms with Crippen molar-refractivity contribution in [1.29, 1.82) is 0 Å². The highest BCUT2D eigenvalue weighted by atomic mass is 32.2. The molecule has 0 spiro atoms. The Bertz CT molecular complexity index is 1420. The van der Waals surface area contributed by atoms with Gasteiger partial charge in [-0.05, 0) is 31.2 Å². The predicted molar refractivity (Wildman–Crippen MR) is 139 cm³/mol. The summed E-state index contributed by atoms with van der Waals surface area (Å²) in [6.07, 6.45) is 2.75. The normalized spacial score (nSPS) is 18.5. The van der Waals surface area contributed by atoms with Crippen molar-refractivity contribution in [2.24, 2.45) is 0 Å². The fourth-order valence-electron chi connectivity index (χ4n) is 4.50. The van der Waals surface area contributed by atoms with Crippen LogP contribution in [-0.2, 0) is 14.6 Å². The van der Waals surface area contributed by atoms with E-state index in [9.17, 15) is 17.2 Å². The first-order valence-electron chi connectivity index (χ1n) is 12.2. The maximum Gasteiger partial charge on any atom is 0.233 e. The van der Waals surface area contributed by atoms with Crippen LogP contribution in [0.5, 0.6) is 0 Å². The molecular formula is C24H28F2N8O3S.